The molecule has 7 heteroatoms. The van der Waals surface area contributed by atoms with Crippen LogP contribution in [-0.2, 0) is 4.79 Å². The number of likely N-dealkylation sites (tertiary alicyclic amines) is 1. The molecule has 1 atom stereocenters. The molecule has 1 aromatic heterocycles. The van der Waals surface area contributed by atoms with Gasteiger partial charge in [-0.2, -0.15) is 0 Å². The highest BCUT2D eigenvalue weighted by atomic mass is 19.3. The number of nitrogens with one attached hydrogen (secondary N) is 1. The minimum Gasteiger partial charge on any atom is -0.343 e. The largest absolute Gasteiger partial charge is 0.343 e. The van der Waals surface area contributed by atoms with E-state index in [9.17, 15) is 18.4 Å². The van der Waals surface area contributed by atoms with E-state index >= 15 is 0 Å². The number of amides is 2. The lowest BCUT2D eigenvalue weighted by Crippen LogP contribution is -2.42. The van der Waals surface area contributed by atoms with Crippen LogP contribution in [0.2, 0.25) is 0 Å². The van der Waals surface area contributed by atoms with Crippen molar-refractivity contribution in [3.8, 4) is 0 Å². The van der Waals surface area contributed by atoms with E-state index in [4.69, 9.17) is 0 Å². The lowest BCUT2D eigenvalue weighted by molar-refractivity contribution is -0.131. The van der Waals surface area contributed by atoms with Gasteiger partial charge in [0.2, 0.25) is 5.91 Å². The Morgan fingerprint density at radius 1 is 1.09 bits per heavy atom. The first-order chi connectivity index (χ1) is 15.8. The van der Waals surface area contributed by atoms with Crippen molar-refractivity contribution in [3.05, 3.63) is 53.7 Å². The maximum atomic E-state index is 13.5. The van der Waals surface area contributed by atoms with E-state index in [1.54, 1.807) is 19.2 Å². The summed E-state index contributed by atoms with van der Waals surface area (Å²) < 4.78 is 27.0. The normalized spacial score (nSPS) is 16.5. The summed E-state index contributed by atoms with van der Waals surface area (Å²) in [5.41, 5.74) is 2.12. The summed E-state index contributed by atoms with van der Waals surface area (Å²) in [7, 11) is 0. The van der Waals surface area contributed by atoms with Gasteiger partial charge in [-0.25, -0.2) is 8.78 Å². The van der Waals surface area contributed by atoms with Crippen LogP contribution in [0.25, 0.3) is 21.7 Å². The van der Waals surface area contributed by atoms with E-state index in [0.29, 0.717) is 16.5 Å². The van der Waals surface area contributed by atoms with Crippen LogP contribution in [0.4, 0.5) is 8.78 Å². The van der Waals surface area contributed by atoms with Gasteiger partial charge in [-0.1, -0.05) is 52.0 Å². The van der Waals surface area contributed by atoms with E-state index < -0.39 is 30.3 Å². The SMILES string of the molecule is CC.CC.Cc1cc2c(C(=O)NCC(=O)N3CC(F)(F)CC3C)ccnc2c2ccccc12. The third kappa shape index (κ3) is 5.64. The predicted octanol–water partition coefficient (Wildman–Crippen LogP) is 5.73. The molecule has 5 nitrogen and oxygen atoms in total. The summed E-state index contributed by atoms with van der Waals surface area (Å²) in [5.74, 6) is -3.82. The van der Waals surface area contributed by atoms with Crippen LogP contribution in [0.15, 0.2) is 42.6 Å². The first-order valence-corrected chi connectivity index (χ1v) is 11.5. The Bertz CT molecular complexity index is 1130. The minimum absolute atomic E-state index is 0.324. The van der Waals surface area contributed by atoms with Crippen LogP contribution < -0.4 is 5.32 Å². The molecule has 1 saturated heterocycles. The van der Waals surface area contributed by atoms with Crippen LogP contribution in [0.1, 0.15) is 57.0 Å². The van der Waals surface area contributed by atoms with Crippen LogP contribution >= 0.6 is 0 Å². The maximum Gasteiger partial charge on any atom is 0.267 e. The zero-order valence-electron chi connectivity index (χ0n) is 20.2. The molecule has 2 amide bonds. The molecule has 3 aromatic rings. The summed E-state index contributed by atoms with van der Waals surface area (Å²) in [6.45, 7) is 10.6. The number of carbonyl (C=O) groups is 2. The average Bonchev–Trinajstić information content (AvgIpc) is 3.12. The molecule has 0 saturated carbocycles. The molecule has 0 aliphatic carbocycles. The molecule has 1 unspecified atom stereocenters. The van der Waals surface area contributed by atoms with Gasteiger partial charge in [-0.05, 0) is 36.9 Å². The van der Waals surface area contributed by atoms with Gasteiger partial charge in [0.25, 0.3) is 11.8 Å². The number of nitrogens with zero attached hydrogens (tertiary/aromatic N) is 2. The van der Waals surface area contributed by atoms with Crippen molar-refractivity contribution in [1.29, 1.82) is 0 Å². The molecule has 1 fully saturated rings. The molecule has 178 valence electrons. The van der Waals surface area contributed by atoms with Crippen LogP contribution in [0, 0.1) is 6.92 Å². The van der Waals surface area contributed by atoms with Crippen molar-refractivity contribution in [2.24, 2.45) is 0 Å². The molecule has 0 bridgehead atoms. The second-order valence-electron chi connectivity index (χ2n) is 7.61. The number of carbonyl (C=O) groups excluding carboxylic acids is 2. The lowest BCUT2D eigenvalue weighted by atomic mass is 9.98. The van der Waals surface area contributed by atoms with E-state index in [0.717, 1.165) is 21.2 Å². The summed E-state index contributed by atoms with van der Waals surface area (Å²) in [5, 5.41) is 5.28. The van der Waals surface area contributed by atoms with Crippen LogP contribution in [-0.4, -0.2) is 46.8 Å². The Labute approximate surface area is 194 Å². The molecular weight excluding hydrogens is 424 g/mol. The quantitative estimate of drug-likeness (QED) is 0.511. The zero-order valence-corrected chi connectivity index (χ0v) is 20.2. The van der Waals surface area contributed by atoms with Gasteiger partial charge >= 0.3 is 0 Å². The number of fused-ring (bicyclic) bond motifs is 3. The number of halogens is 2. The second-order valence-corrected chi connectivity index (χ2v) is 7.61. The van der Waals surface area contributed by atoms with Gasteiger partial charge in [-0.3, -0.25) is 14.6 Å². The van der Waals surface area contributed by atoms with Crippen LogP contribution in [0.3, 0.4) is 0 Å². The minimum atomic E-state index is -2.88. The van der Waals surface area contributed by atoms with Crippen molar-refractivity contribution >= 4 is 33.5 Å². The van der Waals surface area contributed by atoms with E-state index in [2.05, 4.69) is 10.3 Å². The molecule has 1 aliphatic rings. The number of rotatable bonds is 3. The first-order valence-electron chi connectivity index (χ1n) is 11.5. The smallest absolute Gasteiger partial charge is 0.267 e. The highest BCUT2D eigenvalue weighted by molar-refractivity contribution is 6.14. The van der Waals surface area contributed by atoms with Gasteiger partial charge in [0.05, 0.1) is 24.2 Å². The molecule has 0 radical (unpaired) electrons. The van der Waals surface area contributed by atoms with Gasteiger partial charge in [0.1, 0.15) is 0 Å². The van der Waals surface area contributed by atoms with Gasteiger partial charge in [0, 0.05) is 29.4 Å². The van der Waals surface area contributed by atoms with Crippen molar-refractivity contribution in [2.75, 3.05) is 13.1 Å². The number of aromatic nitrogens is 1. The van der Waals surface area contributed by atoms with E-state index in [1.165, 1.54) is 0 Å². The predicted molar refractivity (Wildman–Crippen MR) is 130 cm³/mol. The highest BCUT2D eigenvalue weighted by Crippen LogP contribution is 2.32. The summed E-state index contributed by atoms with van der Waals surface area (Å²) in [6, 6.07) is 10.8. The number of aryl methyl sites for hydroxylation is 1. The topological polar surface area (TPSA) is 62.3 Å². The van der Waals surface area contributed by atoms with Gasteiger partial charge in [-0.15, -0.1) is 0 Å². The second kappa shape index (κ2) is 11.2. The van der Waals surface area contributed by atoms with Crippen molar-refractivity contribution < 1.29 is 18.4 Å². The summed E-state index contributed by atoms with van der Waals surface area (Å²) in [6.07, 6.45) is 1.21. The molecule has 2 heterocycles. The van der Waals surface area contributed by atoms with Crippen LogP contribution in [0.5, 0.6) is 0 Å². The monoisotopic (exact) mass is 457 g/mol. The summed E-state index contributed by atoms with van der Waals surface area (Å²) in [4.78, 5) is 30.7. The average molecular weight is 458 g/mol. The number of hydrogen-bond acceptors (Lipinski definition) is 3. The molecule has 2 aromatic carbocycles. The maximum absolute atomic E-state index is 13.5. The van der Waals surface area contributed by atoms with Gasteiger partial charge in [0.15, 0.2) is 0 Å². The fourth-order valence-corrected chi connectivity index (χ4v) is 4.06. The third-order valence-corrected chi connectivity index (χ3v) is 5.45. The fourth-order valence-electron chi connectivity index (χ4n) is 4.06. The van der Waals surface area contributed by atoms with Crippen molar-refractivity contribution in [2.45, 2.75) is 59.9 Å². The molecule has 1 N–H and O–H groups in total. The Morgan fingerprint density at radius 3 is 2.33 bits per heavy atom. The fraction of sp³-hybridized carbons (Fsp3) is 0.423. The highest BCUT2D eigenvalue weighted by Gasteiger charge is 2.44. The molecule has 33 heavy (non-hydrogen) atoms. The van der Waals surface area contributed by atoms with Crippen molar-refractivity contribution in [1.82, 2.24) is 15.2 Å². The summed E-state index contributed by atoms with van der Waals surface area (Å²) >= 11 is 0. The Morgan fingerprint density at radius 2 is 1.73 bits per heavy atom. The zero-order chi connectivity index (χ0) is 24.8. The Kier molecular flexibility index (Phi) is 8.85. The number of alkyl halides is 2. The third-order valence-electron chi connectivity index (χ3n) is 5.45. The van der Waals surface area contributed by atoms with Crippen molar-refractivity contribution in [3.63, 3.8) is 0 Å². The number of pyridine rings is 1. The lowest BCUT2D eigenvalue weighted by Gasteiger charge is -2.21. The first kappa shape index (κ1) is 26.2. The van der Waals surface area contributed by atoms with Gasteiger partial charge < -0.3 is 10.2 Å². The van der Waals surface area contributed by atoms with E-state index in [-0.39, 0.29) is 13.0 Å². The standard InChI is InChI=1S/C22H21F2N3O2.2C2H6/c1-13-9-18-17(7-8-25-20(18)16-6-4-3-5-15(13)16)21(29)26-11-19(28)27-12-22(23,24)10-14(27)2;2*1-2/h3-9,14H,10-12H2,1-2H3,(H,26,29);2*1-2H3. The molecule has 1 aliphatic heterocycles. The molecule has 0 spiro atoms. The Hall–Kier alpha value is -3.09. The van der Waals surface area contributed by atoms with E-state index in [1.807, 2.05) is 65.0 Å². The Balaban J connectivity index is 0.000000914. The number of hydrogen-bond donors (Lipinski definition) is 1. The number of benzene rings is 2. The molecule has 4 rings (SSSR count). The molecular formula is C26H33F2N3O2.